The molecule has 0 aliphatic heterocycles. The van der Waals surface area contributed by atoms with Crippen LogP contribution in [-0.2, 0) is 6.54 Å². The predicted octanol–water partition coefficient (Wildman–Crippen LogP) is 2.74. The molecule has 0 fully saturated rings. The van der Waals surface area contributed by atoms with E-state index < -0.39 is 0 Å². The number of hydrogen-bond donors (Lipinski definition) is 1. The predicted molar refractivity (Wildman–Crippen MR) is 60.8 cm³/mol. The first-order valence-corrected chi connectivity index (χ1v) is 4.97. The van der Waals surface area contributed by atoms with Gasteiger partial charge in [-0.2, -0.15) is 0 Å². The molecule has 0 spiro atoms. The van der Waals surface area contributed by atoms with Gasteiger partial charge in [0.1, 0.15) is 0 Å². The van der Waals surface area contributed by atoms with Crippen LogP contribution in [0.15, 0.2) is 42.9 Å². The molecule has 0 saturated carbocycles. The molecule has 4 heteroatoms. The number of benzene rings is 1. The van der Waals surface area contributed by atoms with Gasteiger partial charge in [0.05, 0.1) is 18.4 Å². The lowest BCUT2D eigenvalue weighted by atomic mass is 10.3. The standard InChI is InChI=1S/C11H10ClN3/c12-9-2-1-3-10(6-9)15-8-11-7-13-4-5-14-11/h1-7,15H,8H2. The first-order valence-electron chi connectivity index (χ1n) is 4.59. The van der Waals surface area contributed by atoms with Crippen LogP contribution in [0, 0.1) is 0 Å². The summed E-state index contributed by atoms with van der Waals surface area (Å²) in [4.78, 5) is 8.14. The van der Waals surface area contributed by atoms with E-state index in [-0.39, 0.29) is 0 Å². The van der Waals surface area contributed by atoms with Crippen LogP contribution in [0.3, 0.4) is 0 Å². The van der Waals surface area contributed by atoms with Crippen molar-refractivity contribution in [2.24, 2.45) is 0 Å². The molecular formula is C11H10ClN3. The highest BCUT2D eigenvalue weighted by atomic mass is 35.5. The van der Waals surface area contributed by atoms with E-state index in [2.05, 4.69) is 15.3 Å². The number of nitrogens with zero attached hydrogens (tertiary/aromatic N) is 2. The van der Waals surface area contributed by atoms with Gasteiger partial charge >= 0.3 is 0 Å². The van der Waals surface area contributed by atoms with E-state index in [0.717, 1.165) is 16.4 Å². The van der Waals surface area contributed by atoms with E-state index in [9.17, 15) is 0 Å². The zero-order valence-electron chi connectivity index (χ0n) is 8.02. The number of rotatable bonds is 3. The quantitative estimate of drug-likeness (QED) is 0.863. The summed E-state index contributed by atoms with van der Waals surface area (Å²) >= 11 is 5.86. The highest BCUT2D eigenvalue weighted by molar-refractivity contribution is 6.30. The smallest absolute Gasteiger partial charge is 0.0777 e. The fourth-order valence-electron chi connectivity index (χ4n) is 1.21. The van der Waals surface area contributed by atoms with Crippen LogP contribution in [0.2, 0.25) is 5.02 Å². The minimum atomic E-state index is 0.647. The molecule has 2 aromatic rings. The number of aromatic nitrogens is 2. The summed E-state index contributed by atoms with van der Waals surface area (Å²) < 4.78 is 0. The van der Waals surface area contributed by atoms with Crippen molar-refractivity contribution < 1.29 is 0 Å². The molecule has 0 saturated heterocycles. The van der Waals surface area contributed by atoms with E-state index >= 15 is 0 Å². The second kappa shape index (κ2) is 4.75. The van der Waals surface area contributed by atoms with Gasteiger partial charge in [0.15, 0.2) is 0 Å². The first-order chi connectivity index (χ1) is 7.34. The summed E-state index contributed by atoms with van der Waals surface area (Å²) in [5, 5.41) is 3.94. The molecule has 1 aromatic heterocycles. The van der Waals surface area contributed by atoms with Gasteiger partial charge in [-0.1, -0.05) is 17.7 Å². The Labute approximate surface area is 93.1 Å². The van der Waals surface area contributed by atoms with Crippen LogP contribution in [0.1, 0.15) is 5.69 Å². The lowest BCUT2D eigenvalue weighted by Gasteiger charge is -2.05. The monoisotopic (exact) mass is 219 g/mol. The topological polar surface area (TPSA) is 37.8 Å². The Morgan fingerprint density at radius 1 is 1.27 bits per heavy atom. The first kappa shape index (κ1) is 9.93. The summed E-state index contributed by atoms with van der Waals surface area (Å²) in [6.07, 6.45) is 5.06. The molecule has 0 aliphatic carbocycles. The van der Waals surface area contributed by atoms with Gasteiger partial charge in [-0.05, 0) is 18.2 Å². The van der Waals surface area contributed by atoms with Crippen molar-refractivity contribution in [3.8, 4) is 0 Å². The van der Waals surface area contributed by atoms with E-state index in [1.165, 1.54) is 0 Å². The van der Waals surface area contributed by atoms with Gasteiger partial charge in [-0.15, -0.1) is 0 Å². The molecule has 15 heavy (non-hydrogen) atoms. The number of halogens is 1. The van der Waals surface area contributed by atoms with Gasteiger partial charge in [0, 0.05) is 23.1 Å². The highest BCUT2D eigenvalue weighted by Gasteiger charge is 1.95. The zero-order chi connectivity index (χ0) is 10.5. The SMILES string of the molecule is Clc1cccc(NCc2cnccn2)c1. The van der Waals surface area contributed by atoms with E-state index in [1.54, 1.807) is 18.6 Å². The van der Waals surface area contributed by atoms with Gasteiger partial charge in [0.25, 0.3) is 0 Å². The van der Waals surface area contributed by atoms with E-state index in [1.807, 2.05) is 24.3 Å². The lowest BCUT2D eigenvalue weighted by Crippen LogP contribution is -2.01. The lowest BCUT2D eigenvalue weighted by molar-refractivity contribution is 1.01. The van der Waals surface area contributed by atoms with Crippen molar-refractivity contribution in [1.29, 1.82) is 0 Å². The average Bonchev–Trinajstić information content (AvgIpc) is 2.28. The molecule has 2 rings (SSSR count). The van der Waals surface area contributed by atoms with Gasteiger partial charge < -0.3 is 5.32 Å². The Bertz CT molecular complexity index is 431. The van der Waals surface area contributed by atoms with E-state index in [4.69, 9.17) is 11.6 Å². The number of nitrogens with one attached hydrogen (secondary N) is 1. The fraction of sp³-hybridized carbons (Fsp3) is 0.0909. The molecule has 0 radical (unpaired) electrons. The van der Waals surface area contributed by atoms with Crippen LogP contribution < -0.4 is 5.32 Å². The third-order valence-corrected chi connectivity index (χ3v) is 2.15. The molecule has 0 atom stereocenters. The molecule has 76 valence electrons. The Balaban J connectivity index is 1.99. The maximum Gasteiger partial charge on any atom is 0.0777 e. The maximum absolute atomic E-state index is 5.86. The summed E-state index contributed by atoms with van der Waals surface area (Å²) in [5.74, 6) is 0. The average molecular weight is 220 g/mol. The van der Waals surface area contributed by atoms with Crippen molar-refractivity contribution in [3.05, 3.63) is 53.6 Å². The zero-order valence-corrected chi connectivity index (χ0v) is 8.78. The molecule has 0 bridgehead atoms. The minimum Gasteiger partial charge on any atom is -0.379 e. The summed E-state index contributed by atoms with van der Waals surface area (Å²) in [5.41, 5.74) is 1.88. The largest absolute Gasteiger partial charge is 0.379 e. The summed E-state index contributed by atoms with van der Waals surface area (Å²) in [7, 11) is 0. The van der Waals surface area contributed by atoms with Crippen LogP contribution >= 0.6 is 11.6 Å². The number of anilines is 1. The molecule has 1 N–H and O–H groups in total. The molecule has 3 nitrogen and oxygen atoms in total. The minimum absolute atomic E-state index is 0.647. The maximum atomic E-state index is 5.86. The van der Waals surface area contributed by atoms with Crippen LogP contribution in [-0.4, -0.2) is 9.97 Å². The Morgan fingerprint density at radius 2 is 2.20 bits per heavy atom. The normalized spacial score (nSPS) is 9.93. The Morgan fingerprint density at radius 3 is 2.93 bits per heavy atom. The third-order valence-electron chi connectivity index (χ3n) is 1.91. The fourth-order valence-corrected chi connectivity index (χ4v) is 1.40. The van der Waals surface area contributed by atoms with Crippen molar-refractivity contribution in [2.75, 3.05) is 5.32 Å². The highest BCUT2D eigenvalue weighted by Crippen LogP contribution is 2.15. The van der Waals surface area contributed by atoms with E-state index in [0.29, 0.717) is 6.54 Å². The molecule has 1 aromatic carbocycles. The molecule has 0 unspecified atom stereocenters. The van der Waals surface area contributed by atoms with Crippen molar-refractivity contribution in [2.45, 2.75) is 6.54 Å². The summed E-state index contributed by atoms with van der Waals surface area (Å²) in [6.45, 7) is 0.647. The summed E-state index contributed by atoms with van der Waals surface area (Å²) in [6, 6.07) is 7.58. The van der Waals surface area contributed by atoms with Crippen LogP contribution in [0.4, 0.5) is 5.69 Å². The second-order valence-electron chi connectivity index (χ2n) is 3.06. The second-order valence-corrected chi connectivity index (χ2v) is 3.50. The molecule has 0 amide bonds. The van der Waals surface area contributed by atoms with Crippen molar-refractivity contribution >= 4 is 17.3 Å². The third kappa shape index (κ3) is 2.92. The molecular weight excluding hydrogens is 210 g/mol. The molecule has 1 heterocycles. The van der Waals surface area contributed by atoms with Crippen LogP contribution in [0.5, 0.6) is 0 Å². The number of hydrogen-bond acceptors (Lipinski definition) is 3. The van der Waals surface area contributed by atoms with Crippen LogP contribution in [0.25, 0.3) is 0 Å². The van der Waals surface area contributed by atoms with Crippen molar-refractivity contribution in [3.63, 3.8) is 0 Å². The van der Waals surface area contributed by atoms with Gasteiger partial charge in [-0.3, -0.25) is 9.97 Å². The van der Waals surface area contributed by atoms with Gasteiger partial charge in [0.2, 0.25) is 0 Å². The van der Waals surface area contributed by atoms with Crippen molar-refractivity contribution in [1.82, 2.24) is 9.97 Å². The van der Waals surface area contributed by atoms with Gasteiger partial charge in [-0.25, -0.2) is 0 Å². The Kier molecular flexibility index (Phi) is 3.15. The molecule has 0 aliphatic rings. The Hall–Kier alpha value is -1.61.